The molecule has 3 rings (SSSR count). The lowest BCUT2D eigenvalue weighted by Gasteiger charge is -2.10. The Morgan fingerprint density at radius 1 is 1.33 bits per heavy atom. The number of carbonyl (C=O) groups excluding carboxylic acids is 2. The fourth-order valence-electron chi connectivity index (χ4n) is 2.61. The number of aromatic nitrogens is 1. The first-order valence-electron chi connectivity index (χ1n) is 7.28. The summed E-state index contributed by atoms with van der Waals surface area (Å²) in [5.74, 6) is -0.659. The smallest absolute Gasteiger partial charge is 0.244 e. The minimum Gasteiger partial charge on any atom is -0.337 e. The minimum atomic E-state index is -0.368. The minimum absolute atomic E-state index is 0.0297. The first-order chi connectivity index (χ1) is 11.5. The number of hydrogen-bond donors (Lipinski definition) is 1. The van der Waals surface area contributed by atoms with E-state index in [2.05, 4.69) is 21.2 Å². The molecule has 24 heavy (non-hydrogen) atoms. The van der Waals surface area contributed by atoms with Crippen molar-refractivity contribution in [2.75, 3.05) is 5.32 Å². The van der Waals surface area contributed by atoms with Crippen molar-refractivity contribution in [1.29, 1.82) is 0 Å². The van der Waals surface area contributed by atoms with Crippen LogP contribution in [0.3, 0.4) is 0 Å². The van der Waals surface area contributed by atoms with Gasteiger partial charge >= 0.3 is 0 Å². The topological polar surface area (TPSA) is 51.1 Å². The zero-order valence-corrected chi connectivity index (χ0v) is 14.4. The van der Waals surface area contributed by atoms with Crippen LogP contribution in [-0.2, 0) is 11.3 Å². The van der Waals surface area contributed by atoms with E-state index in [0.29, 0.717) is 16.8 Å². The Morgan fingerprint density at radius 3 is 2.88 bits per heavy atom. The van der Waals surface area contributed by atoms with Gasteiger partial charge < -0.3 is 9.88 Å². The predicted octanol–water partition coefficient (Wildman–Crippen LogP) is 4.30. The highest BCUT2D eigenvalue weighted by Crippen LogP contribution is 2.24. The monoisotopic (exact) mass is 388 g/mol. The fraction of sp³-hybridized carbons (Fsp3) is 0.111. The van der Waals surface area contributed by atoms with Gasteiger partial charge in [0, 0.05) is 38.4 Å². The second kappa shape index (κ2) is 6.57. The number of aldehydes is 1. The molecule has 0 saturated carbocycles. The number of anilines is 1. The van der Waals surface area contributed by atoms with E-state index < -0.39 is 0 Å². The molecule has 4 nitrogen and oxygen atoms in total. The molecule has 0 aliphatic carbocycles. The van der Waals surface area contributed by atoms with E-state index in [1.165, 1.54) is 6.07 Å². The molecule has 2 aromatic carbocycles. The molecule has 0 radical (unpaired) electrons. The third-order valence-electron chi connectivity index (χ3n) is 3.86. The van der Waals surface area contributed by atoms with Crippen LogP contribution in [0, 0.1) is 12.7 Å². The third-order valence-corrected chi connectivity index (χ3v) is 4.35. The highest BCUT2D eigenvalue weighted by molar-refractivity contribution is 9.10. The zero-order valence-electron chi connectivity index (χ0n) is 12.8. The first-order valence-corrected chi connectivity index (χ1v) is 8.07. The highest BCUT2D eigenvalue weighted by Gasteiger charge is 2.13. The largest absolute Gasteiger partial charge is 0.337 e. The van der Waals surface area contributed by atoms with Gasteiger partial charge in [0.05, 0.1) is 0 Å². The number of carbonyl (C=O) groups is 2. The van der Waals surface area contributed by atoms with Crippen LogP contribution in [-0.4, -0.2) is 16.8 Å². The summed E-state index contributed by atoms with van der Waals surface area (Å²) in [6.45, 7) is 1.64. The van der Waals surface area contributed by atoms with Gasteiger partial charge in [0.2, 0.25) is 5.91 Å². The van der Waals surface area contributed by atoms with Crippen LogP contribution in [0.1, 0.15) is 15.9 Å². The van der Waals surface area contributed by atoms with Crippen molar-refractivity contribution in [2.24, 2.45) is 0 Å². The van der Waals surface area contributed by atoms with Crippen LogP contribution < -0.4 is 5.32 Å². The molecule has 0 bridgehead atoms. The highest BCUT2D eigenvalue weighted by atomic mass is 79.9. The molecule has 1 N–H and O–H groups in total. The molecular weight excluding hydrogens is 375 g/mol. The lowest BCUT2D eigenvalue weighted by molar-refractivity contribution is -0.116. The summed E-state index contributed by atoms with van der Waals surface area (Å²) in [7, 11) is 0. The third kappa shape index (κ3) is 3.10. The fourth-order valence-corrected chi connectivity index (χ4v) is 2.97. The van der Waals surface area contributed by atoms with E-state index >= 15 is 0 Å². The van der Waals surface area contributed by atoms with Crippen molar-refractivity contribution >= 4 is 44.7 Å². The van der Waals surface area contributed by atoms with E-state index in [1.54, 1.807) is 29.8 Å². The Bertz CT molecular complexity index is 950. The van der Waals surface area contributed by atoms with E-state index in [1.807, 2.05) is 18.2 Å². The molecule has 0 spiro atoms. The maximum Gasteiger partial charge on any atom is 0.244 e. The number of fused-ring (bicyclic) bond motifs is 1. The molecule has 0 saturated heterocycles. The number of halogens is 2. The van der Waals surface area contributed by atoms with Gasteiger partial charge in [-0.2, -0.15) is 0 Å². The van der Waals surface area contributed by atoms with E-state index in [9.17, 15) is 14.0 Å². The molecule has 6 heteroatoms. The van der Waals surface area contributed by atoms with Crippen molar-refractivity contribution in [3.63, 3.8) is 0 Å². The number of hydrogen-bond acceptors (Lipinski definition) is 2. The number of nitrogens with zero attached hydrogens (tertiary/aromatic N) is 1. The molecule has 122 valence electrons. The Morgan fingerprint density at radius 2 is 2.12 bits per heavy atom. The zero-order chi connectivity index (χ0) is 17.3. The quantitative estimate of drug-likeness (QED) is 0.677. The van der Waals surface area contributed by atoms with Gasteiger partial charge in [-0.3, -0.25) is 9.59 Å². The van der Waals surface area contributed by atoms with Gasteiger partial charge in [-0.15, -0.1) is 0 Å². The molecule has 0 fully saturated rings. The Labute approximate surface area is 146 Å². The van der Waals surface area contributed by atoms with Crippen molar-refractivity contribution in [3.05, 3.63) is 64.0 Å². The molecule has 0 unspecified atom stereocenters. The predicted molar refractivity (Wildman–Crippen MR) is 94.8 cm³/mol. The molecule has 0 aliphatic heterocycles. The van der Waals surface area contributed by atoms with Gasteiger partial charge in [0.1, 0.15) is 12.4 Å². The Kier molecular flexibility index (Phi) is 4.49. The average Bonchev–Trinajstić information content (AvgIpc) is 2.88. The second-order valence-corrected chi connectivity index (χ2v) is 6.37. The SMILES string of the molecule is Cc1c(F)cccc1NC(=O)Cn1cc(C=O)c2cc(Br)ccc21. The normalized spacial score (nSPS) is 10.8. The Hall–Kier alpha value is -2.47. The number of nitrogens with one attached hydrogen (secondary N) is 1. The molecule has 1 amide bonds. The van der Waals surface area contributed by atoms with Gasteiger partial charge in [-0.1, -0.05) is 22.0 Å². The lowest BCUT2D eigenvalue weighted by atomic mass is 10.2. The summed E-state index contributed by atoms with van der Waals surface area (Å²) in [4.78, 5) is 23.5. The van der Waals surface area contributed by atoms with E-state index in [0.717, 1.165) is 21.7 Å². The van der Waals surface area contributed by atoms with Gasteiger partial charge in [0.15, 0.2) is 6.29 Å². The van der Waals surface area contributed by atoms with Crippen molar-refractivity contribution in [1.82, 2.24) is 4.57 Å². The summed E-state index contributed by atoms with van der Waals surface area (Å²) < 4.78 is 16.1. The summed E-state index contributed by atoms with van der Waals surface area (Å²) in [6.07, 6.45) is 2.40. The van der Waals surface area contributed by atoms with Crippen LogP contribution >= 0.6 is 15.9 Å². The van der Waals surface area contributed by atoms with Crippen molar-refractivity contribution < 1.29 is 14.0 Å². The lowest BCUT2D eigenvalue weighted by Crippen LogP contribution is -2.19. The van der Waals surface area contributed by atoms with Crippen LogP contribution in [0.2, 0.25) is 0 Å². The molecule has 0 atom stereocenters. The molecule has 3 aromatic rings. The van der Waals surface area contributed by atoms with Crippen LogP contribution in [0.5, 0.6) is 0 Å². The van der Waals surface area contributed by atoms with Gasteiger partial charge in [-0.05, 0) is 37.3 Å². The van der Waals surface area contributed by atoms with Crippen LogP contribution in [0.15, 0.2) is 47.1 Å². The molecular formula is C18H14BrFN2O2. The number of amides is 1. The molecule has 1 heterocycles. The van der Waals surface area contributed by atoms with Crippen molar-refractivity contribution in [3.8, 4) is 0 Å². The first kappa shape index (κ1) is 16.4. The molecule has 1 aromatic heterocycles. The second-order valence-electron chi connectivity index (χ2n) is 5.45. The maximum absolute atomic E-state index is 13.6. The van der Waals surface area contributed by atoms with E-state index in [-0.39, 0.29) is 18.3 Å². The number of rotatable bonds is 4. The summed E-state index contributed by atoms with van der Waals surface area (Å²) in [6, 6.07) is 10.1. The molecule has 0 aliphatic rings. The summed E-state index contributed by atoms with van der Waals surface area (Å²) >= 11 is 3.37. The van der Waals surface area contributed by atoms with Crippen LogP contribution in [0.25, 0.3) is 10.9 Å². The number of benzene rings is 2. The van der Waals surface area contributed by atoms with Gasteiger partial charge in [-0.25, -0.2) is 4.39 Å². The standard InChI is InChI=1S/C18H14BrFN2O2/c1-11-15(20)3-2-4-16(11)21-18(24)9-22-8-12(10-23)14-7-13(19)5-6-17(14)22/h2-8,10H,9H2,1H3,(H,21,24). The van der Waals surface area contributed by atoms with Crippen LogP contribution in [0.4, 0.5) is 10.1 Å². The van der Waals surface area contributed by atoms with Gasteiger partial charge in [0.25, 0.3) is 0 Å². The van der Waals surface area contributed by atoms with Crippen molar-refractivity contribution in [2.45, 2.75) is 13.5 Å². The maximum atomic E-state index is 13.6. The summed E-state index contributed by atoms with van der Waals surface area (Å²) in [5.41, 5.74) is 2.13. The Balaban J connectivity index is 1.88. The average molecular weight is 389 g/mol. The summed E-state index contributed by atoms with van der Waals surface area (Å²) in [5, 5.41) is 3.48. The van der Waals surface area contributed by atoms with E-state index in [4.69, 9.17) is 0 Å².